The van der Waals surface area contributed by atoms with Crippen LogP contribution in [0.3, 0.4) is 0 Å². The Morgan fingerprint density at radius 1 is 0.930 bits per heavy atom. The lowest BCUT2D eigenvalue weighted by Crippen LogP contribution is -2.23. The third kappa shape index (κ3) is 8.76. The molecule has 4 aromatic rings. The molecule has 0 saturated heterocycles. The first-order chi connectivity index (χ1) is 20.9. The largest absolute Gasteiger partial charge is 0.493 e. The van der Waals surface area contributed by atoms with Crippen molar-refractivity contribution >= 4 is 35.6 Å². The van der Waals surface area contributed by atoms with Crippen LogP contribution in [0.4, 0.5) is 0 Å². The summed E-state index contributed by atoms with van der Waals surface area (Å²) in [5, 5.41) is 12.7. The summed E-state index contributed by atoms with van der Waals surface area (Å²) < 4.78 is 27.3. The highest BCUT2D eigenvalue weighted by molar-refractivity contribution is 6.30. The number of carbonyl (C=O) groups excluding carboxylic acids is 2. The summed E-state index contributed by atoms with van der Waals surface area (Å²) in [7, 11) is 2.95. The van der Waals surface area contributed by atoms with Crippen LogP contribution >= 0.6 is 11.6 Å². The maximum Gasteiger partial charge on any atom is 0.336 e. The number of nitrogens with one attached hydrogen (secondary N) is 1. The molecule has 0 radical (unpaired) electrons. The van der Waals surface area contributed by atoms with E-state index < -0.39 is 11.9 Å². The van der Waals surface area contributed by atoms with Crippen molar-refractivity contribution in [1.82, 2.24) is 5.32 Å². The van der Waals surface area contributed by atoms with Crippen LogP contribution in [0.15, 0.2) is 95.1 Å². The Hall–Kier alpha value is -5.46. The maximum absolute atomic E-state index is 12.6. The van der Waals surface area contributed by atoms with E-state index in [0.29, 0.717) is 40.0 Å². The van der Waals surface area contributed by atoms with Gasteiger partial charge in [-0.25, -0.2) is 4.79 Å². The van der Waals surface area contributed by atoms with Crippen LogP contribution < -0.4 is 24.3 Å². The molecule has 0 aliphatic heterocycles. The van der Waals surface area contributed by atoms with Gasteiger partial charge in [-0.15, -0.1) is 0 Å². The highest BCUT2D eigenvalue weighted by atomic mass is 35.5. The van der Waals surface area contributed by atoms with Crippen molar-refractivity contribution in [1.29, 1.82) is 5.26 Å². The van der Waals surface area contributed by atoms with Crippen LogP contribution in [0.2, 0.25) is 5.02 Å². The fraction of sp³-hybridized carbons (Fsp3) is 0.121. The summed E-state index contributed by atoms with van der Waals surface area (Å²) in [5.74, 6) is 0.816. The Kier molecular flexibility index (Phi) is 10.6. The molecule has 43 heavy (non-hydrogen) atoms. The highest BCUT2D eigenvalue weighted by Gasteiger charge is 2.13. The minimum Gasteiger partial charge on any atom is -0.493 e. The van der Waals surface area contributed by atoms with E-state index in [1.807, 2.05) is 18.2 Å². The lowest BCUT2D eigenvalue weighted by Gasteiger charge is -2.11. The van der Waals surface area contributed by atoms with Gasteiger partial charge in [-0.1, -0.05) is 35.9 Å². The maximum atomic E-state index is 12.6. The summed E-state index contributed by atoms with van der Waals surface area (Å²) >= 11 is 5.93. The van der Waals surface area contributed by atoms with Gasteiger partial charge in [0.15, 0.2) is 23.0 Å². The second kappa shape index (κ2) is 15.0. The number of methoxy groups -OCH3 is 2. The van der Waals surface area contributed by atoms with E-state index in [9.17, 15) is 14.9 Å². The lowest BCUT2D eigenvalue weighted by molar-refractivity contribution is -0.129. The zero-order valence-electron chi connectivity index (χ0n) is 23.3. The van der Waals surface area contributed by atoms with E-state index in [1.54, 1.807) is 60.7 Å². The third-order valence-electron chi connectivity index (χ3n) is 5.98. The van der Waals surface area contributed by atoms with Gasteiger partial charge < -0.3 is 28.7 Å². The van der Waals surface area contributed by atoms with Crippen molar-refractivity contribution < 1.29 is 33.0 Å². The number of rotatable bonds is 12. The summed E-state index contributed by atoms with van der Waals surface area (Å²) in [6, 6.07) is 22.6. The van der Waals surface area contributed by atoms with Gasteiger partial charge in [0, 0.05) is 11.1 Å². The number of nitrogens with zero attached hydrogens (tertiary/aromatic N) is 1. The predicted octanol–water partition coefficient (Wildman–Crippen LogP) is 6.37. The van der Waals surface area contributed by atoms with E-state index in [2.05, 4.69) is 5.32 Å². The fourth-order valence-corrected chi connectivity index (χ4v) is 3.93. The van der Waals surface area contributed by atoms with E-state index in [0.717, 1.165) is 5.56 Å². The van der Waals surface area contributed by atoms with Gasteiger partial charge in [-0.3, -0.25) is 4.79 Å². The number of amides is 1. The minimum absolute atomic E-state index is 0.113. The molecule has 1 amide bonds. The van der Waals surface area contributed by atoms with Crippen molar-refractivity contribution in [2.75, 3.05) is 14.2 Å². The molecule has 0 bridgehead atoms. The summed E-state index contributed by atoms with van der Waals surface area (Å²) in [6.07, 6.45) is 5.75. The normalized spacial score (nSPS) is 11.1. The molecule has 0 unspecified atom stereocenters. The van der Waals surface area contributed by atoms with Crippen molar-refractivity contribution in [2.45, 2.75) is 13.2 Å². The Labute approximate surface area is 253 Å². The average Bonchev–Trinajstić information content (AvgIpc) is 3.56. The predicted molar refractivity (Wildman–Crippen MR) is 161 cm³/mol. The van der Waals surface area contributed by atoms with E-state index in [1.165, 1.54) is 38.7 Å². The Morgan fingerprint density at radius 2 is 1.63 bits per heavy atom. The molecule has 1 N–H and O–H groups in total. The first kappa shape index (κ1) is 30.5. The molecule has 0 spiro atoms. The third-order valence-corrected chi connectivity index (χ3v) is 6.24. The van der Waals surface area contributed by atoms with Crippen LogP contribution in [0.5, 0.6) is 23.0 Å². The topological polar surface area (TPSA) is 120 Å². The van der Waals surface area contributed by atoms with Crippen LogP contribution in [-0.4, -0.2) is 26.1 Å². The number of benzene rings is 3. The standard InChI is InChI=1S/C33H27ClN2O7/c1-39-30-17-22(7-12-28(30)42-21-23-5-10-26(34)11-6-23)9-14-32(37)43-29-13-8-24(18-31(29)40-2)16-25(19-35)33(38)36-20-27-4-3-15-41-27/h3-18H,20-21H2,1-2H3,(H,36,38)/b14-9+,25-16+. The second-order valence-electron chi connectivity index (χ2n) is 8.92. The molecule has 0 aliphatic carbocycles. The zero-order valence-corrected chi connectivity index (χ0v) is 24.1. The van der Waals surface area contributed by atoms with Gasteiger partial charge in [0.25, 0.3) is 5.91 Å². The first-order valence-electron chi connectivity index (χ1n) is 12.9. The molecule has 9 nitrogen and oxygen atoms in total. The fourth-order valence-electron chi connectivity index (χ4n) is 3.80. The van der Waals surface area contributed by atoms with Gasteiger partial charge in [0.2, 0.25) is 0 Å². The molecule has 218 valence electrons. The van der Waals surface area contributed by atoms with Crippen molar-refractivity contribution in [3.05, 3.63) is 118 Å². The smallest absolute Gasteiger partial charge is 0.336 e. The second-order valence-corrected chi connectivity index (χ2v) is 9.36. The molecule has 1 aromatic heterocycles. The van der Waals surface area contributed by atoms with E-state index >= 15 is 0 Å². The average molecular weight is 599 g/mol. The van der Waals surface area contributed by atoms with Crippen LogP contribution in [-0.2, 0) is 22.7 Å². The van der Waals surface area contributed by atoms with Crippen LogP contribution in [0, 0.1) is 11.3 Å². The quantitative estimate of drug-likeness (QED) is 0.0864. The number of esters is 1. The van der Waals surface area contributed by atoms with Gasteiger partial charge >= 0.3 is 5.97 Å². The molecule has 0 saturated carbocycles. The monoisotopic (exact) mass is 598 g/mol. The number of nitriles is 1. The zero-order chi connectivity index (χ0) is 30.6. The highest BCUT2D eigenvalue weighted by Crippen LogP contribution is 2.31. The van der Waals surface area contributed by atoms with Gasteiger partial charge in [-0.05, 0) is 77.4 Å². The molecular weight excluding hydrogens is 572 g/mol. The lowest BCUT2D eigenvalue weighted by atomic mass is 10.1. The van der Waals surface area contributed by atoms with Crippen molar-refractivity contribution in [3.8, 4) is 29.1 Å². The number of hydrogen-bond donors (Lipinski definition) is 1. The molecule has 3 aromatic carbocycles. The Balaban J connectivity index is 1.38. The molecule has 0 fully saturated rings. The van der Waals surface area contributed by atoms with Gasteiger partial charge in [0.05, 0.1) is 27.0 Å². The van der Waals surface area contributed by atoms with Crippen LogP contribution in [0.25, 0.3) is 12.2 Å². The molecular formula is C33H27ClN2O7. The molecule has 1 heterocycles. The Bertz CT molecular complexity index is 1670. The molecule has 0 aliphatic rings. The molecule has 4 rings (SSSR count). The van der Waals surface area contributed by atoms with E-state index in [-0.39, 0.29) is 23.6 Å². The number of halogens is 1. The summed E-state index contributed by atoms with van der Waals surface area (Å²) in [5.41, 5.74) is 2.03. The number of ether oxygens (including phenoxy) is 4. The van der Waals surface area contributed by atoms with E-state index in [4.69, 9.17) is 35.0 Å². The first-order valence-corrected chi connectivity index (χ1v) is 13.3. The van der Waals surface area contributed by atoms with Crippen molar-refractivity contribution in [2.24, 2.45) is 0 Å². The van der Waals surface area contributed by atoms with Gasteiger partial charge in [-0.2, -0.15) is 5.26 Å². The van der Waals surface area contributed by atoms with Gasteiger partial charge in [0.1, 0.15) is 24.0 Å². The summed E-state index contributed by atoms with van der Waals surface area (Å²) in [6.45, 7) is 0.480. The summed E-state index contributed by atoms with van der Waals surface area (Å²) in [4.78, 5) is 25.0. The SMILES string of the molecule is COc1cc(/C=C/C(=O)Oc2ccc(/C=C(\C#N)C(=O)NCc3ccco3)cc2OC)ccc1OCc1ccc(Cl)cc1. The molecule has 0 atom stereocenters. The van der Waals surface area contributed by atoms with Crippen LogP contribution in [0.1, 0.15) is 22.5 Å². The van der Waals surface area contributed by atoms with Crippen molar-refractivity contribution in [3.63, 3.8) is 0 Å². The number of carbonyl (C=O) groups is 2. The minimum atomic E-state index is -0.640. The number of furan rings is 1. The Morgan fingerprint density at radius 3 is 2.33 bits per heavy atom. The number of hydrogen-bond acceptors (Lipinski definition) is 8. The molecule has 10 heteroatoms.